The monoisotopic (exact) mass is 210 g/mol. The van der Waals surface area contributed by atoms with E-state index in [-0.39, 0.29) is 0 Å². The number of benzene rings is 2. The minimum absolute atomic E-state index is 0.324. The molecule has 2 aromatic rings. The maximum Gasteiger partial charge on any atom is 0.115 e. The quantitative estimate of drug-likeness (QED) is 0.763. The minimum Gasteiger partial charge on any atom is -0.508 e. The van der Waals surface area contributed by atoms with Crippen LogP contribution in [0, 0.1) is 0 Å². The fourth-order valence-electron chi connectivity index (χ4n) is 2.41. The predicted molar refractivity (Wildman–Crippen MR) is 65.6 cm³/mol. The topological polar surface area (TPSA) is 20.2 Å². The van der Waals surface area contributed by atoms with E-state index in [1.54, 1.807) is 12.1 Å². The van der Waals surface area contributed by atoms with Crippen molar-refractivity contribution in [2.24, 2.45) is 0 Å². The summed E-state index contributed by atoms with van der Waals surface area (Å²) in [7, 11) is 0. The molecule has 16 heavy (non-hydrogen) atoms. The van der Waals surface area contributed by atoms with Gasteiger partial charge in [0.25, 0.3) is 0 Å². The standard InChI is InChI=1S/C15H14O/c16-15-8-6-12(7-9-15)14-5-4-11-2-1-3-13(11)10-14/h4-10,16H,1-3H2. The second-order valence-electron chi connectivity index (χ2n) is 4.38. The third-order valence-corrected chi connectivity index (χ3v) is 3.30. The molecule has 1 N–H and O–H groups in total. The van der Waals surface area contributed by atoms with E-state index >= 15 is 0 Å². The Balaban J connectivity index is 2.03. The molecule has 80 valence electrons. The van der Waals surface area contributed by atoms with Gasteiger partial charge in [-0.15, -0.1) is 0 Å². The lowest BCUT2D eigenvalue weighted by molar-refractivity contribution is 0.475. The van der Waals surface area contributed by atoms with Crippen LogP contribution in [0.25, 0.3) is 11.1 Å². The van der Waals surface area contributed by atoms with Crippen LogP contribution in [-0.2, 0) is 12.8 Å². The summed E-state index contributed by atoms with van der Waals surface area (Å²) in [6.07, 6.45) is 3.72. The molecule has 0 bridgehead atoms. The molecule has 1 aliphatic carbocycles. The summed E-state index contributed by atoms with van der Waals surface area (Å²) in [6, 6.07) is 14.1. The zero-order chi connectivity index (χ0) is 11.0. The Morgan fingerprint density at radius 1 is 0.750 bits per heavy atom. The van der Waals surface area contributed by atoms with Gasteiger partial charge in [-0.25, -0.2) is 0 Å². The molecule has 0 heterocycles. The molecule has 0 saturated carbocycles. The zero-order valence-corrected chi connectivity index (χ0v) is 9.11. The first-order chi connectivity index (χ1) is 7.83. The van der Waals surface area contributed by atoms with Gasteiger partial charge in [0.2, 0.25) is 0 Å². The molecule has 0 aliphatic heterocycles. The van der Waals surface area contributed by atoms with Crippen LogP contribution in [0.5, 0.6) is 5.75 Å². The van der Waals surface area contributed by atoms with Gasteiger partial charge in [0, 0.05) is 0 Å². The maximum atomic E-state index is 9.26. The van der Waals surface area contributed by atoms with Crippen LogP contribution in [0.4, 0.5) is 0 Å². The Labute approximate surface area is 95.4 Å². The van der Waals surface area contributed by atoms with E-state index in [9.17, 15) is 5.11 Å². The Hall–Kier alpha value is -1.76. The molecule has 0 atom stereocenters. The number of rotatable bonds is 1. The molecule has 1 heteroatoms. The van der Waals surface area contributed by atoms with E-state index in [1.165, 1.54) is 41.5 Å². The van der Waals surface area contributed by atoms with Gasteiger partial charge in [-0.1, -0.05) is 30.3 Å². The van der Waals surface area contributed by atoms with Crippen molar-refractivity contribution in [3.63, 3.8) is 0 Å². The number of aryl methyl sites for hydroxylation is 2. The summed E-state index contributed by atoms with van der Waals surface area (Å²) >= 11 is 0. The lowest BCUT2D eigenvalue weighted by Crippen LogP contribution is -1.84. The summed E-state index contributed by atoms with van der Waals surface area (Å²) < 4.78 is 0. The molecule has 2 aromatic carbocycles. The van der Waals surface area contributed by atoms with Crippen LogP contribution in [0.15, 0.2) is 42.5 Å². The van der Waals surface area contributed by atoms with Gasteiger partial charge >= 0.3 is 0 Å². The fourth-order valence-corrected chi connectivity index (χ4v) is 2.41. The zero-order valence-electron chi connectivity index (χ0n) is 9.11. The largest absolute Gasteiger partial charge is 0.508 e. The summed E-state index contributed by atoms with van der Waals surface area (Å²) in [5, 5.41) is 9.26. The Bertz CT molecular complexity index is 511. The van der Waals surface area contributed by atoms with Crippen LogP contribution in [-0.4, -0.2) is 5.11 Å². The highest BCUT2D eigenvalue weighted by molar-refractivity contribution is 5.66. The van der Waals surface area contributed by atoms with Gasteiger partial charge in [0.1, 0.15) is 5.75 Å². The number of fused-ring (bicyclic) bond motifs is 1. The first kappa shape index (κ1) is 9.46. The number of hydrogen-bond acceptors (Lipinski definition) is 1. The molecule has 0 unspecified atom stereocenters. The number of aromatic hydroxyl groups is 1. The van der Waals surface area contributed by atoms with Gasteiger partial charge in [-0.05, 0) is 53.6 Å². The summed E-state index contributed by atoms with van der Waals surface area (Å²) in [5.74, 6) is 0.324. The third kappa shape index (κ3) is 1.58. The molecular weight excluding hydrogens is 196 g/mol. The summed E-state index contributed by atoms with van der Waals surface area (Å²) in [5.41, 5.74) is 5.42. The van der Waals surface area contributed by atoms with Gasteiger partial charge in [-0.2, -0.15) is 0 Å². The van der Waals surface area contributed by atoms with E-state index in [1.807, 2.05) is 12.1 Å². The Morgan fingerprint density at radius 2 is 1.44 bits per heavy atom. The van der Waals surface area contributed by atoms with Crippen LogP contribution in [0.3, 0.4) is 0 Å². The molecule has 0 spiro atoms. The van der Waals surface area contributed by atoms with Crippen molar-refractivity contribution in [2.75, 3.05) is 0 Å². The highest BCUT2D eigenvalue weighted by Crippen LogP contribution is 2.28. The smallest absolute Gasteiger partial charge is 0.115 e. The van der Waals surface area contributed by atoms with Gasteiger partial charge in [0.05, 0.1) is 0 Å². The maximum absolute atomic E-state index is 9.26. The van der Waals surface area contributed by atoms with Crippen molar-refractivity contribution in [1.82, 2.24) is 0 Å². The van der Waals surface area contributed by atoms with Crippen LogP contribution in [0.2, 0.25) is 0 Å². The first-order valence-corrected chi connectivity index (χ1v) is 5.74. The average Bonchev–Trinajstić information content (AvgIpc) is 2.77. The molecule has 0 radical (unpaired) electrons. The van der Waals surface area contributed by atoms with Gasteiger partial charge in [0.15, 0.2) is 0 Å². The fraction of sp³-hybridized carbons (Fsp3) is 0.200. The normalized spacial score (nSPS) is 13.8. The molecule has 1 aliphatic rings. The van der Waals surface area contributed by atoms with Crippen molar-refractivity contribution >= 4 is 0 Å². The summed E-state index contributed by atoms with van der Waals surface area (Å²) in [4.78, 5) is 0. The van der Waals surface area contributed by atoms with Crippen molar-refractivity contribution in [2.45, 2.75) is 19.3 Å². The van der Waals surface area contributed by atoms with E-state index in [0.717, 1.165) is 0 Å². The highest BCUT2D eigenvalue weighted by atomic mass is 16.3. The van der Waals surface area contributed by atoms with Crippen LogP contribution < -0.4 is 0 Å². The highest BCUT2D eigenvalue weighted by Gasteiger charge is 2.11. The lowest BCUT2D eigenvalue weighted by atomic mass is 10.0. The van der Waals surface area contributed by atoms with Crippen LogP contribution in [0.1, 0.15) is 17.5 Å². The lowest BCUT2D eigenvalue weighted by Gasteiger charge is -2.05. The summed E-state index contributed by atoms with van der Waals surface area (Å²) in [6.45, 7) is 0. The molecule has 0 saturated heterocycles. The van der Waals surface area contributed by atoms with E-state index < -0.39 is 0 Å². The van der Waals surface area contributed by atoms with Gasteiger partial charge < -0.3 is 5.11 Å². The minimum atomic E-state index is 0.324. The molecule has 0 amide bonds. The van der Waals surface area contributed by atoms with Crippen molar-refractivity contribution < 1.29 is 5.11 Å². The number of hydrogen-bond donors (Lipinski definition) is 1. The van der Waals surface area contributed by atoms with Crippen LogP contribution >= 0.6 is 0 Å². The second-order valence-corrected chi connectivity index (χ2v) is 4.38. The Morgan fingerprint density at radius 3 is 2.25 bits per heavy atom. The van der Waals surface area contributed by atoms with Crippen molar-refractivity contribution in [1.29, 1.82) is 0 Å². The van der Waals surface area contributed by atoms with E-state index in [4.69, 9.17) is 0 Å². The SMILES string of the molecule is Oc1ccc(-c2ccc3c(c2)CCC3)cc1. The average molecular weight is 210 g/mol. The first-order valence-electron chi connectivity index (χ1n) is 5.74. The molecule has 1 nitrogen and oxygen atoms in total. The van der Waals surface area contributed by atoms with Gasteiger partial charge in [-0.3, -0.25) is 0 Å². The molecule has 0 fully saturated rings. The van der Waals surface area contributed by atoms with Crippen molar-refractivity contribution in [3.05, 3.63) is 53.6 Å². The second kappa shape index (κ2) is 3.67. The van der Waals surface area contributed by atoms with Crippen molar-refractivity contribution in [3.8, 4) is 16.9 Å². The van der Waals surface area contributed by atoms with E-state index in [0.29, 0.717) is 5.75 Å². The third-order valence-electron chi connectivity index (χ3n) is 3.30. The number of phenols is 1. The Kier molecular flexibility index (Phi) is 2.17. The molecular formula is C15H14O. The molecule has 0 aromatic heterocycles. The number of phenolic OH excluding ortho intramolecular Hbond substituents is 1. The molecule has 3 rings (SSSR count). The van der Waals surface area contributed by atoms with E-state index in [2.05, 4.69) is 18.2 Å². The predicted octanol–water partition coefficient (Wildman–Crippen LogP) is 3.55.